The molecule has 1 aliphatic heterocycles. The SMILES string of the molecule is CNCc1c(NCCF)ncnc1N1CCN(C)CC1. The number of aromatic nitrogens is 2. The third-order valence-electron chi connectivity index (χ3n) is 3.47. The van der Waals surface area contributed by atoms with E-state index in [1.807, 2.05) is 7.05 Å². The highest BCUT2D eigenvalue weighted by molar-refractivity contribution is 5.59. The Kier molecular flexibility index (Phi) is 5.49. The standard InChI is InChI=1S/C13H23FN6/c1-15-9-11-12(16-4-3-14)17-10-18-13(11)20-7-5-19(2)6-8-20/h10,15H,3-9H2,1-2H3,(H,16,17,18). The van der Waals surface area contributed by atoms with E-state index >= 15 is 0 Å². The minimum atomic E-state index is -0.410. The first-order valence-corrected chi connectivity index (χ1v) is 6.98. The van der Waals surface area contributed by atoms with Gasteiger partial charge < -0.3 is 20.4 Å². The zero-order valence-corrected chi connectivity index (χ0v) is 12.2. The first-order valence-electron chi connectivity index (χ1n) is 6.98. The van der Waals surface area contributed by atoms with Crippen LogP contribution in [0.5, 0.6) is 0 Å². The van der Waals surface area contributed by atoms with E-state index in [9.17, 15) is 4.39 Å². The predicted molar refractivity (Wildman–Crippen MR) is 79.0 cm³/mol. The predicted octanol–water partition coefficient (Wildman–Crippen LogP) is 0.329. The number of nitrogens with one attached hydrogen (secondary N) is 2. The topological polar surface area (TPSA) is 56.3 Å². The zero-order valence-electron chi connectivity index (χ0n) is 12.2. The molecule has 0 aromatic carbocycles. The van der Waals surface area contributed by atoms with Crippen LogP contribution in [0.15, 0.2) is 6.33 Å². The quantitative estimate of drug-likeness (QED) is 0.784. The molecule has 0 bridgehead atoms. The van der Waals surface area contributed by atoms with E-state index in [0.29, 0.717) is 6.54 Å². The zero-order chi connectivity index (χ0) is 14.4. The van der Waals surface area contributed by atoms with Crippen LogP contribution in [0, 0.1) is 0 Å². The van der Waals surface area contributed by atoms with Gasteiger partial charge in [-0.15, -0.1) is 0 Å². The normalized spacial score (nSPS) is 16.4. The molecule has 20 heavy (non-hydrogen) atoms. The number of hydrogen-bond donors (Lipinski definition) is 2. The molecule has 0 spiro atoms. The minimum absolute atomic E-state index is 0.274. The third kappa shape index (κ3) is 3.55. The Morgan fingerprint density at radius 2 is 2.00 bits per heavy atom. The summed E-state index contributed by atoms with van der Waals surface area (Å²) in [6, 6.07) is 0. The van der Waals surface area contributed by atoms with Crippen LogP contribution in [0.4, 0.5) is 16.0 Å². The van der Waals surface area contributed by atoms with Gasteiger partial charge in [0.1, 0.15) is 24.6 Å². The van der Waals surface area contributed by atoms with Crippen molar-refractivity contribution in [2.45, 2.75) is 6.54 Å². The first kappa shape index (κ1) is 14.9. The molecule has 0 aliphatic carbocycles. The maximum Gasteiger partial charge on any atom is 0.138 e. The fourth-order valence-electron chi connectivity index (χ4n) is 2.35. The van der Waals surface area contributed by atoms with Crippen molar-refractivity contribution in [3.63, 3.8) is 0 Å². The van der Waals surface area contributed by atoms with Crippen LogP contribution in [-0.4, -0.2) is 68.4 Å². The summed E-state index contributed by atoms with van der Waals surface area (Å²) in [5.41, 5.74) is 1.01. The molecule has 112 valence electrons. The highest BCUT2D eigenvalue weighted by Crippen LogP contribution is 2.24. The second kappa shape index (κ2) is 7.35. The van der Waals surface area contributed by atoms with Crippen molar-refractivity contribution in [3.05, 3.63) is 11.9 Å². The largest absolute Gasteiger partial charge is 0.367 e. The molecule has 0 unspecified atom stereocenters. The molecule has 1 fully saturated rings. The van der Waals surface area contributed by atoms with Crippen LogP contribution in [0.1, 0.15) is 5.56 Å². The summed E-state index contributed by atoms with van der Waals surface area (Å²) in [4.78, 5) is 13.3. The molecule has 2 heterocycles. The van der Waals surface area contributed by atoms with E-state index in [1.165, 1.54) is 0 Å². The van der Waals surface area contributed by atoms with Crippen molar-refractivity contribution in [1.82, 2.24) is 20.2 Å². The Balaban J connectivity index is 2.21. The Morgan fingerprint density at radius 1 is 1.25 bits per heavy atom. The number of piperazine rings is 1. The first-order chi connectivity index (χ1) is 9.76. The fraction of sp³-hybridized carbons (Fsp3) is 0.692. The van der Waals surface area contributed by atoms with Crippen LogP contribution in [0.2, 0.25) is 0 Å². The molecule has 2 N–H and O–H groups in total. The van der Waals surface area contributed by atoms with Crippen molar-refractivity contribution in [2.75, 3.05) is 63.7 Å². The summed E-state index contributed by atoms with van der Waals surface area (Å²) in [5, 5.41) is 6.17. The Bertz CT molecular complexity index is 419. The number of rotatable bonds is 6. The minimum Gasteiger partial charge on any atom is -0.367 e. The second-order valence-electron chi connectivity index (χ2n) is 4.96. The molecule has 1 aromatic heterocycles. The average Bonchev–Trinajstić information content (AvgIpc) is 2.47. The highest BCUT2D eigenvalue weighted by Gasteiger charge is 2.20. The summed E-state index contributed by atoms with van der Waals surface area (Å²) in [5.74, 6) is 1.67. The fourth-order valence-corrected chi connectivity index (χ4v) is 2.35. The molecular formula is C13H23FN6. The summed E-state index contributed by atoms with van der Waals surface area (Å²) < 4.78 is 12.4. The molecule has 0 amide bonds. The number of halogens is 1. The maximum atomic E-state index is 12.4. The van der Waals surface area contributed by atoms with E-state index in [0.717, 1.165) is 43.4 Å². The molecule has 1 aromatic rings. The molecule has 1 aliphatic rings. The van der Waals surface area contributed by atoms with E-state index in [2.05, 4.69) is 37.4 Å². The van der Waals surface area contributed by atoms with Crippen molar-refractivity contribution >= 4 is 11.6 Å². The lowest BCUT2D eigenvalue weighted by Gasteiger charge is -2.34. The number of likely N-dealkylation sites (N-methyl/N-ethyl adjacent to an activating group) is 1. The lowest BCUT2D eigenvalue weighted by molar-refractivity contribution is 0.311. The summed E-state index contributed by atoms with van der Waals surface area (Å²) >= 11 is 0. The molecule has 0 atom stereocenters. The Hall–Kier alpha value is -1.47. The van der Waals surface area contributed by atoms with Crippen molar-refractivity contribution < 1.29 is 4.39 Å². The molecule has 2 rings (SSSR count). The number of hydrogen-bond acceptors (Lipinski definition) is 6. The average molecular weight is 282 g/mol. The Labute approximate surface area is 119 Å². The Morgan fingerprint density at radius 3 is 2.65 bits per heavy atom. The van der Waals surface area contributed by atoms with E-state index < -0.39 is 6.67 Å². The van der Waals surface area contributed by atoms with Gasteiger partial charge in [0.25, 0.3) is 0 Å². The maximum absolute atomic E-state index is 12.4. The molecule has 6 nitrogen and oxygen atoms in total. The van der Waals surface area contributed by atoms with Crippen LogP contribution in [0.25, 0.3) is 0 Å². The van der Waals surface area contributed by atoms with Gasteiger partial charge in [-0.25, -0.2) is 14.4 Å². The summed E-state index contributed by atoms with van der Waals surface area (Å²) in [7, 11) is 4.01. The van der Waals surface area contributed by atoms with Crippen LogP contribution < -0.4 is 15.5 Å². The second-order valence-corrected chi connectivity index (χ2v) is 4.96. The van der Waals surface area contributed by atoms with Crippen LogP contribution in [-0.2, 0) is 6.54 Å². The van der Waals surface area contributed by atoms with Crippen molar-refractivity contribution in [1.29, 1.82) is 0 Å². The summed E-state index contributed by atoms with van der Waals surface area (Å²) in [6.07, 6.45) is 1.55. The van der Waals surface area contributed by atoms with Gasteiger partial charge in [0, 0.05) is 39.3 Å². The molecule has 0 radical (unpaired) electrons. The number of alkyl halides is 1. The van der Waals surface area contributed by atoms with Gasteiger partial charge in [-0.05, 0) is 14.1 Å². The van der Waals surface area contributed by atoms with Gasteiger partial charge in [-0.2, -0.15) is 0 Å². The molecular weight excluding hydrogens is 259 g/mol. The van der Waals surface area contributed by atoms with Gasteiger partial charge in [-0.1, -0.05) is 0 Å². The van der Waals surface area contributed by atoms with Crippen LogP contribution >= 0.6 is 0 Å². The van der Waals surface area contributed by atoms with Crippen molar-refractivity contribution in [3.8, 4) is 0 Å². The molecule has 7 heteroatoms. The van der Waals surface area contributed by atoms with Gasteiger partial charge in [0.15, 0.2) is 0 Å². The van der Waals surface area contributed by atoms with Crippen molar-refractivity contribution in [2.24, 2.45) is 0 Å². The molecule has 1 saturated heterocycles. The third-order valence-corrected chi connectivity index (χ3v) is 3.47. The van der Waals surface area contributed by atoms with Gasteiger partial charge in [0.05, 0.1) is 5.56 Å². The van der Waals surface area contributed by atoms with Gasteiger partial charge >= 0.3 is 0 Å². The number of anilines is 2. The monoisotopic (exact) mass is 282 g/mol. The van der Waals surface area contributed by atoms with Gasteiger partial charge in [-0.3, -0.25) is 0 Å². The molecule has 0 saturated carbocycles. The number of nitrogens with zero attached hydrogens (tertiary/aromatic N) is 4. The summed E-state index contributed by atoms with van der Waals surface area (Å²) in [6.45, 7) is 4.48. The van der Waals surface area contributed by atoms with E-state index in [-0.39, 0.29) is 6.54 Å². The van der Waals surface area contributed by atoms with E-state index in [1.54, 1.807) is 6.33 Å². The lowest BCUT2D eigenvalue weighted by atomic mass is 10.2. The smallest absolute Gasteiger partial charge is 0.138 e. The van der Waals surface area contributed by atoms with E-state index in [4.69, 9.17) is 0 Å². The highest BCUT2D eigenvalue weighted by atomic mass is 19.1. The van der Waals surface area contributed by atoms with Crippen LogP contribution in [0.3, 0.4) is 0 Å². The van der Waals surface area contributed by atoms with Gasteiger partial charge in [0.2, 0.25) is 0 Å². The lowest BCUT2D eigenvalue weighted by Crippen LogP contribution is -2.45.